The van der Waals surface area contributed by atoms with Gasteiger partial charge in [0.1, 0.15) is 5.69 Å². The van der Waals surface area contributed by atoms with Gasteiger partial charge in [-0.2, -0.15) is 0 Å². The molecule has 1 aromatic carbocycles. The molecule has 0 saturated heterocycles. The molecule has 0 aliphatic heterocycles. The van der Waals surface area contributed by atoms with Gasteiger partial charge in [0, 0.05) is 37.7 Å². The molecule has 0 radical (unpaired) electrons. The van der Waals surface area contributed by atoms with Gasteiger partial charge in [0.15, 0.2) is 0 Å². The molecule has 0 unspecified atom stereocenters. The molecule has 138 valence electrons. The van der Waals surface area contributed by atoms with Crippen molar-refractivity contribution in [3.8, 4) is 0 Å². The van der Waals surface area contributed by atoms with E-state index in [1.165, 1.54) is 25.7 Å². The third-order valence-corrected chi connectivity index (χ3v) is 4.72. The average molecular weight is 353 g/mol. The number of nitrogens with zero attached hydrogens (tertiary/aromatic N) is 3. The first-order valence-corrected chi connectivity index (χ1v) is 9.30. The van der Waals surface area contributed by atoms with Crippen molar-refractivity contribution in [3.63, 3.8) is 0 Å². The van der Waals surface area contributed by atoms with Crippen LogP contribution in [0, 0.1) is 0 Å². The maximum Gasteiger partial charge on any atom is 0.274 e. The summed E-state index contributed by atoms with van der Waals surface area (Å²) in [5.41, 5.74) is 2.20. The Morgan fingerprint density at radius 1 is 1.04 bits per heavy atom. The summed E-state index contributed by atoms with van der Waals surface area (Å²) in [6.07, 6.45) is 8.98. The maximum atomic E-state index is 12.5. The summed E-state index contributed by atoms with van der Waals surface area (Å²) in [4.78, 5) is 23.2. The summed E-state index contributed by atoms with van der Waals surface area (Å²) in [6.45, 7) is 0. The van der Waals surface area contributed by atoms with Crippen LogP contribution in [0.25, 0.3) is 0 Å². The van der Waals surface area contributed by atoms with Crippen LogP contribution >= 0.6 is 0 Å². The van der Waals surface area contributed by atoms with Crippen LogP contribution in [0.5, 0.6) is 0 Å². The van der Waals surface area contributed by atoms with E-state index in [9.17, 15) is 4.79 Å². The second-order valence-electron chi connectivity index (χ2n) is 6.99. The van der Waals surface area contributed by atoms with Gasteiger partial charge in [0.05, 0.1) is 0 Å². The first-order valence-electron chi connectivity index (χ1n) is 9.30. The minimum Gasteiger partial charge on any atom is -0.378 e. The van der Waals surface area contributed by atoms with Crippen molar-refractivity contribution < 1.29 is 4.79 Å². The molecular weight excluding hydrogens is 326 g/mol. The molecule has 3 rings (SSSR count). The van der Waals surface area contributed by atoms with Gasteiger partial charge >= 0.3 is 0 Å². The van der Waals surface area contributed by atoms with Crippen molar-refractivity contribution >= 4 is 23.2 Å². The molecule has 1 aromatic heterocycles. The van der Waals surface area contributed by atoms with E-state index in [1.807, 2.05) is 43.3 Å². The molecule has 1 aliphatic rings. The summed E-state index contributed by atoms with van der Waals surface area (Å²) >= 11 is 0. The van der Waals surface area contributed by atoms with Gasteiger partial charge in [0.25, 0.3) is 5.91 Å². The topological polar surface area (TPSA) is 70.2 Å². The molecule has 0 atom stereocenters. The lowest BCUT2D eigenvalue weighted by atomic mass is 10.1. The highest BCUT2D eigenvalue weighted by molar-refractivity contribution is 6.03. The second-order valence-corrected chi connectivity index (χ2v) is 6.99. The zero-order valence-electron chi connectivity index (χ0n) is 15.5. The Morgan fingerprint density at radius 2 is 1.73 bits per heavy atom. The number of hydrogen-bond acceptors (Lipinski definition) is 5. The van der Waals surface area contributed by atoms with Gasteiger partial charge < -0.3 is 15.5 Å². The van der Waals surface area contributed by atoms with E-state index >= 15 is 0 Å². The van der Waals surface area contributed by atoms with Gasteiger partial charge in [-0.3, -0.25) is 4.79 Å². The van der Waals surface area contributed by atoms with E-state index in [-0.39, 0.29) is 5.91 Å². The van der Waals surface area contributed by atoms with E-state index in [0.717, 1.165) is 24.2 Å². The van der Waals surface area contributed by atoms with Gasteiger partial charge in [-0.25, -0.2) is 9.97 Å². The zero-order valence-corrected chi connectivity index (χ0v) is 15.5. The Morgan fingerprint density at radius 3 is 2.38 bits per heavy atom. The monoisotopic (exact) mass is 353 g/mol. The standard InChI is InChI=1S/C20H27N5O/c1-25(2)17-11-9-16(10-12-17)22-19(26)18-13-14-21-20(24-18)23-15-7-5-3-4-6-8-15/h9-15H,3-8H2,1-2H3,(H,22,26)(H,21,23,24). The molecule has 1 saturated carbocycles. The van der Waals surface area contributed by atoms with Gasteiger partial charge in [0.2, 0.25) is 5.95 Å². The fraction of sp³-hybridized carbons (Fsp3) is 0.450. The lowest BCUT2D eigenvalue weighted by molar-refractivity contribution is 0.102. The van der Waals surface area contributed by atoms with E-state index in [4.69, 9.17) is 0 Å². The first kappa shape index (κ1) is 18.2. The van der Waals surface area contributed by atoms with Crippen molar-refractivity contribution in [3.05, 3.63) is 42.2 Å². The Bertz CT molecular complexity index is 721. The van der Waals surface area contributed by atoms with Gasteiger partial charge in [-0.15, -0.1) is 0 Å². The number of aromatic nitrogens is 2. The minimum absolute atomic E-state index is 0.228. The van der Waals surface area contributed by atoms with Crippen LogP contribution in [-0.2, 0) is 0 Å². The fourth-order valence-electron chi connectivity index (χ4n) is 3.20. The van der Waals surface area contributed by atoms with Crippen molar-refractivity contribution in [2.75, 3.05) is 29.6 Å². The predicted octanol–water partition coefficient (Wildman–Crippen LogP) is 3.93. The minimum atomic E-state index is -0.228. The average Bonchev–Trinajstić information content (AvgIpc) is 2.91. The van der Waals surface area contributed by atoms with Crippen LogP contribution in [-0.4, -0.2) is 36.0 Å². The van der Waals surface area contributed by atoms with Gasteiger partial charge in [-0.05, 0) is 43.2 Å². The van der Waals surface area contributed by atoms with Crippen LogP contribution in [0.15, 0.2) is 36.5 Å². The highest BCUT2D eigenvalue weighted by atomic mass is 16.1. The number of benzene rings is 1. The van der Waals surface area contributed by atoms with Crippen molar-refractivity contribution in [1.29, 1.82) is 0 Å². The van der Waals surface area contributed by atoms with Gasteiger partial charge in [-0.1, -0.05) is 25.7 Å². The summed E-state index contributed by atoms with van der Waals surface area (Å²) in [6, 6.07) is 9.75. The number of nitrogens with one attached hydrogen (secondary N) is 2. The summed E-state index contributed by atoms with van der Waals surface area (Å²) < 4.78 is 0. The molecule has 26 heavy (non-hydrogen) atoms. The Labute approximate surface area is 155 Å². The van der Waals surface area contributed by atoms with Crippen molar-refractivity contribution in [1.82, 2.24) is 9.97 Å². The molecule has 1 aliphatic carbocycles. The van der Waals surface area contributed by atoms with E-state index < -0.39 is 0 Å². The fourth-order valence-corrected chi connectivity index (χ4v) is 3.20. The molecule has 6 heteroatoms. The van der Waals surface area contributed by atoms with E-state index in [0.29, 0.717) is 17.7 Å². The number of amides is 1. The predicted molar refractivity (Wildman–Crippen MR) is 106 cm³/mol. The highest BCUT2D eigenvalue weighted by Gasteiger charge is 2.15. The van der Waals surface area contributed by atoms with Crippen LogP contribution in [0.2, 0.25) is 0 Å². The maximum absolute atomic E-state index is 12.5. The highest BCUT2D eigenvalue weighted by Crippen LogP contribution is 2.20. The molecule has 0 spiro atoms. The first-order chi connectivity index (χ1) is 12.6. The number of anilines is 3. The molecule has 2 N–H and O–H groups in total. The number of rotatable bonds is 5. The molecular formula is C20H27N5O. The normalized spacial score (nSPS) is 15.2. The lowest BCUT2D eigenvalue weighted by Gasteiger charge is -2.16. The number of hydrogen-bond donors (Lipinski definition) is 2. The smallest absolute Gasteiger partial charge is 0.274 e. The zero-order chi connectivity index (χ0) is 18.4. The molecule has 1 heterocycles. The van der Waals surface area contributed by atoms with Crippen LogP contribution < -0.4 is 15.5 Å². The molecule has 2 aromatic rings. The van der Waals surface area contributed by atoms with E-state index in [2.05, 4.69) is 20.6 Å². The number of carbonyl (C=O) groups excluding carboxylic acids is 1. The molecule has 6 nitrogen and oxygen atoms in total. The Balaban J connectivity index is 1.63. The van der Waals surface area contributed by atoms with Crippen LogP contribution in [0.1, 0.15) is 49.0 Å². The third-order valence-electron chi connectivity index (χ3n) is 4.72. The number of carbonyl (C=O) groups is 1. The Hall–Kier alpha value is -2.63. The third kappa shape index (κ3) is 4.94. The van der Waals surface area contributed by atoms with Crippen molar-refractivity contribution in [2.24, 2.45) is 0 Å². The summed E-state index contributed by atoms with van der Waals surface area (Å²) in [5, 5.41) is 6.28. The molecule has 1 amide bonds. The van der Waals surface area contributed by atoms with Crippen molar-refractivity contribution in [2.45, 2.75) is 44.6 Å². The van der Waals surface area contributed by atoms with E-state index in [1.54, 1.807) is 12.3 Å². The SMILES string of the molecule is CN(C)c1ccc(NC(=O)c2ccnc(NC3CCCCCC3)n2)cc1. The quantitative estimate of drug-likeness (QED) is 0.797. The molecule has 0 bridgehead atoms. The summed E-state index contributed by atoms with van der Waals surface area (Å²) in [7, 11) is 3.97. The second kappa shape index (κ2) is 8.65. The molecule has 1 fully saturated rings. The largest absolute Gasteiger partial charge is 0.378 e. The van der Waals surface area contributed by atoms with Crippen LogP contribution in [0.3, 0.4) is 0 Å². The lowest BCUT2D eigenvalue weighted by Crippen LogP contribution is -2.21. The van der Waals surface area contributed by atoms with Crippen LogP contribution in [0.4, 0.5) is 17.3 Å². The summed E-state index contributed by atoms with van der Waals surface area (Å²) in [5.74, 6) is 0.307. The Kier molecular flexibility index (Phi) is 6.04.